The third kappa shape index (κ3) is 6.70. The molecule has 2 aromatic rings. The van der Waals surface area contributed by atoms with Crippen LogP contribution in [0.5, 0.6) is 5.75 Å². The van der Waals surface area contributed by atoms with Gasteiger partial charge in [-0.05, 0) is 23.8 Å². The van der Waals surface area contributed by atoms with E-state index < -0.39 is 16.1 Å². The van der Waals surface area contributed by atoms with Crippen molar-refractivity contribution >= 4 is 39.3 Å². The molecule has 30 heavy (non-hydrogen) atoms. The summed E-state index contributed by atoms with van der Waals surface area (Å²) in [5, 5.41) is 12.4. The van der Waals surface area contributed by atoms with Gasteiger partial charge in [0.1, 0.15) is 18.5 Å². The van der Waals surface area contributed by atoms with Gasteiger partial charge in [0.25, 0.3) is 0 Å². The van der Waals surface area contributed by atoms with Gasteiger partial charge in [0.2, 0.25) is 10.0 Å². The normalized spacial score (nSPS) is 17.3. The zero-order valence-corrected chi connectivity index (χ0v) is 18.7. The number of β-amino-alcohol motifs (C(OH)–C–C–N with tert-alkyl or cyclic N) is 1. The van der Waals surface area contributed by atoms with E-state index in [0.717, 1.165) is 5.56 Å². The largest absolute Gasteiger partial charge is 0.489 e. The van der Waals surface area contributed by atoms with E-state index in [0.29, 0.717) is 48.5 Å². The smallest absolute Gasteiger partial charge is 0.236 e. The lowest BCUT2D eigenvalue weighted by Crippen LogP contribution is -2.50. The van der Waals surface area contributed by atoms with E-state index in [1.54, 1.807) is 24.3 Å². The highest BCUT2D eigenvalue weighted by molar-refractivity contribution is 7.92. The zero-order chi connectivity index (χ0) is 21.6. The fraction of sp³-hybridized carbons (Fsp3) is 0.333. The van der Waals surface area contributed by atoms with Crippen LogP contribution < -0.4 is 4.74 Å². The van der Waals surface area contributed by atoms with Crippen LogP contribution in [0.1, 0.15) is 5.56 Å². The van der Waals surface area contributed by atoms with Gasteiger partial charge in [0.05, 0.1) is 5.02 Å². The fourth-order valence-corrected chi connectivity index (χ4v) is 4.61. The molecule has 1 unspecified atom stereocenters. The summed E-state index contributed by atoms with van der Waals surface area (Å²) in [5.41, 5.74) is 0.836. The maximum Gasteiger partial charge on any atom is 0.236 e. The number of sulfonamides is 1. The molecule has 162 valence electrons. The third-order valence-corrected chi connectivity index (χ3v) is 6.83. The van der Waals surface area contributed by atoms with Gasteiger partial charge in [-0.1, -0.05) is 53.5 Å². The molecular weight excluding hydrogens is 447 g/mol. The summed E-state index contributed by atoms with van der Waals surface area (Å²) in [7, 11) is -3.48. The minimum atomic E-state index is -3.48. The topological polar surface area (TPSA) is 70.1 Å². The molecule has 0 bridgehead atoms. The van der Waals surface area contributed by atoms with Crippen molar-refractivity contribution in [2.45, 2.75) is 6.10 Å². The molecule has 0 aromatic heterocycles. The lowest BCUT2D eigenvalue weighted by atomic mass is 10.2. The van der Waals surface area contributed by atoms with Crippen molar-refractivity contribution < 1.29 is 18.3 Å². The molecular formula is C21H24Cl2N2O4S. The second kappa shape index (κ2) is 10.6. The van der Waals surface area contributed by atoms with Gasteiger partial charge in [-0.3, -0.25) is 4.90 Å². The van der Waals surface area contributed by atoms with Crippen LogP contribution in [0, 0.1) is 0 Å². The second-order valence-electron chi connectivity index (χ2n) is 7.00. The fourth-order valence-electron chi connectivity index (χ4n) is 3.11. The van der Waals surface area contributed by atoms with Crippen molar-refractivity contribution in [1.82, 2.24) is 9.21 Å². The number of hydrogen-bond donors (Lipinski definition) is 1. The zero-order valence-electron chi connectivity index (χ0n) is 16.3. The van der Waals surface area contributed by atoms with Crippen molar-refractivity contribution in [1.29, 1.82) is 0 Å². The summed E-state index contributed by atoms with van der Waals surface area (Å²) in [4.78, 5) is 2.01. The number of nitrogens with zero attached hydrogens (tertiary/aromatic N) is 2. The lowest BCUT2D eigenvalue weighted by molar-refractivity contribution is 0.0570. The molecule has 1 heterocycles. The number of ether oxygens (including phenoxy) is 1. The molecule has 1 aliphatic rings. The highest BCUT2D eigenvalue weighted by Gasteiger charge is 2.26. The Balaban J connectivity index is 1.45. The summed E-state index contributed by atoms with van der Waals surface area (Å²) < 4.78 is 32.1. The van der Waals surface area contributed by atoms with Gasteiger partial charge in [-0.2, -0.15) is 4.31 Å². The highest BCUT2D eigenvalue weighted by atomic mass is 35.5. The summed E-state index contributed by atoms with van der Waals surface area (Å²) in [5.74, 6) is 0.421. The maximum atomic E-state index is 12.5. The van der Waals surface area contributed by atoms with Crippen LogP contribution in [-0.4, -0.2) is 68.2 Å². The molecule has 1 saturated heterocycles. The van der Waals surface area contributed by atoms with Crippen LogP contribution in [0.4, 0.5) is 0 Å². The molecule has 1 aliphatic heterocycles. The molecule has 0 saturated carbocycles. The van der Waals surface area contributed by atoms with Crippen LogP contribution in [0.2, 0.25) is 10.0 Å². The second-order valence-corrected chi connectivity index (χ2v) is 9.66. The third-order valence-electron chi connectivity index (χ3n) is 4.72. The summed E-state index contributed by atoms with van der Waals surface area (Å²) >= 11 is 12.0. The Morgan fingerprint density at radius 2 is 1.77 bits per heavy atom. The van der Waals surface area contributed by atoms with Gasteiger partial charge in [-0.25, -0.2) is 8.42 Å². The Morgan fingerprint density at radius 1 is 1.07 bits per heavy atom. The molecule has 6 nitrogen and oxygen atoms in total. The van der Waals surface area contributed by atoms with Crippen molar-refractivity contribution in [2.75, 3.05) is 39.3 Å². The standard InChI is InChI=1S/C21H24Cl2N2O4S/c22-18-6-7-20(23)21(14-18)29-16-19(26)15-24-9-11-25(12-10-24)30(27,28)13-8-17-4-2-1-3-5-17/h1-8,13-14,19,26H,9-12,15-16H2/b13-8+. The first kappa shape index (κ1) is 23.1. The Morgan fingerprint density at radius 3 is 2.47 bits per heavy atom. The monoisotopic (exact) mass is 470 g/mol. The average molecular weight is 471 g/mol. The van der Waals surface area contributed by atoms with Crippen molar-refractivity contribution in [3.05, 3.63) is 69.5 Å². The number of aliphatic hydroxyl groups is 1. The molecule has 2 aromatic carbocycles. The molecule has 3 rings (SSSR count). The van der Waals surface area contributed by atoms with E-state index >= 15 is 0 Å². The predicted molar refractivity (Wildman–Crippen MR) is 120 cm³/mol. The first-order valence-electron chi connectivity index (χ1n) is 9.55. The summed E-state index contributed by atoms with van der Waals surface area (Å²) in [6, 6.07) is 14.2. The predicted octanol–water partition coefficient (Wildman–Crippen LogP) is 3.35. The minimum Gasteiger partial charge on any atom is -0.489 e. The van der Waals surface area contributed by atoms with Crippen molar-refractivity contribution in [3.63, 3.8) is 0 Å². The number of halogens is 2. The van der Waals surface area contributed by atoms with Gasteiger partial charge in [0.15, 0.2) is 0 Å². The number of aliphatic hydroxyl groups excluding tert-OH is 1. The van der Waals surface area contributed by atoms with E-state index in [9.17, 15) is 13.5 Å². The van der Waals surface area contributed by atoms with Gasteiger partial charge in [-0.15, -0.1) is 0 Å². The van der Waals surface area contributed by atoms with E-state index in [1.807, 2.05) is 35.2 Å². The number of hydrogen-bond acceptors (Lipinski definition) is 5. The molecule has 1 atom stereocenters. The molecule has 1 N–H and O–H groups in total. The van der Waals surface area contributed by atoms with Crippen LogP contribution in [0.15, 0.2) is 53.9 Å². The van der Waals surface area contributed by atoms with E-state index in [4.69, 9.17) is 27.9 Å². The minimum absolute atomic E-state index is 0.0678. The summed E-state index contributed by atoms with van der Waals surface area (Å²) in [6.07, 6.45) is 0.866. The summed E-state index contributed by atoms with van der Waals surface area (Å²) in [6.45, 7) is 2.26. The Kier molecular flexibility index (Phi) is 8.16. The highest BCUT2D eigenvalue weighted by Crippen LogP contribution is 2.27. The quantitative estimate of drug-likeness (QED) is 0.640. The lowest BCUT2D eigenvalue weighted by Gasteiger charge is -2.34. The van der Waals surface area contributed by atoms with Gasteiger partial charge >= 0.3 is 0 Å². The number of piperazine rings is 1. The Labute approximate surface area is 187 Å². The first-order valence-corrected chi connectivity index (χ1v) is 11.8. The Hall–Kier alpha value is -1.61. The molecule has 1 fully saturated rings. The van der Waals surface area contributed by atoms with Gasteiger partial charge in [0, 0.05) is 49.2 Å². The number of rotatable bonds is 8. The van der Waals surface area contributed by atoms with Crippen LogP contribution in [0.3, 0.4) is 0 Å². The molecule has 0 radical (unpaired) electrons. The molecule has 0 aliphatic carbocycles. The average Bonchev–Trinajstić information content (AvgIpc) is 2.74. The van der Waals surface area contributed by atoms with Gasteiger partial charge < -0.3 is 9.84 Å². The number of benzene rings is 2. The van der Waals surface area contributed by atoms with Crippen LogP contribution in [0.25, 0.3) is 6.08 Å². The Bertz CT molecular complexity index is 962. The van der Waals surface area contributed by atoms with E-state index in [2.05, 4.69) is 0 Å². The van der Waals surface area contributed by atoms with Crippen LogP contribution in [-0.2, 0) is 10.0 Å². The van der Waals surface area contributed by atoms with E-state index in [-0.39, 0.29) is 6.61 Å². The SMILES string of the molecule is O=S(=O)(/C=C/c1ccccc1)N1CCN(CC(O)COc2cc(Cl)ccc2Cl)CC1. The van der Waals surface area contributed by atoms with Crippen molar-refractivity contribution in [2.24, 2.45) is 0 Å². The molecule has 9 heteroatoms. The maximum absolute atomic E-state index is 12.5. The van der Waals surface area contributed by atoms with E-state index in [1.165, 1.54) is 9.71 Å². The van der Waals surface area contributed by atoms with Crippen molar-refractivity contribution in [3.8, 4) is 5.75 Å². The first-order chi connectivity index (χ1) is 14.3. The molecule has 0 amide bonds. The van der Waals surface area contributed by atoms with Crippen LogP contribution >= 0.6 is 23.2 Å². The molecule has 0 spiro atoms.